The Morgan fingerprint density at radius 1 is 1.05 bits per heavy atom. The molecule has 1 nitrogen and oxygen atoms in total. The minimum atomic E-state index is 0.185. The van der Waals surface area contributed by atoms with Crippen LogP contribution in [0.3, 0.4) is 0 Å². The molecule has 0 fully saturated rings. The highest BCUT2D eigenvalue weighted by atomic mass is 16.3. The second kappa shape index (κ2) is 9.02. The van der Waals surface area contributed by atoms with Gasteiger partial charge in [0.25, 0.3) is 0 Å². The van der Waals surface area contributed by atoms with E-state index in [9.17, 15) is 5.11 Å². The summed E-state index contributed by atoms with van der Waals surface area (Å²) in [7, 11) is 0. The van der Waals surface area contributed by atoms with Crippen molar-refractivity contribution in [2.24, 2.45) is 11.8 Å². The van der Waals surface area contributed by atoms with E-state index >= 15 is 0 Å². The molecule has 2 atom stereocenters. The quantitative estimate of drug-likeness (QED) is 0.491. The van der Waals surface area contributed by atoms with Crippen LogP contribution in [-0.4, -0.2) is 5.11 Å². The second-order valence-electron chi connectivity index (χ2n) is 7.57. The molecule has 22 heavy (non-hydrogen) atoms. The average molecular weight is 303 g/mol. The van der Waals surface area contributed by atoms with Gasteiger partial charge in [0, 0.05) is 0 Å². The predicted octanol–water partition coefficient (Wildman–Crippen LogP) is 6.47. The van der Waals surface area contributed by atoms with E-state index in [2.05, 4.69) is 52.5 Å². The van der Waals surface area contributed by atoms with Crippen LogP contribution in [0.5, 0.6) is 5.75 Å². The molecule has 0 saturated heterocycles. The number of allylic oxidation sites excluding steroid dienone is 1. The maximum Gasteiger partial charge on any atom is 0.115 e. The van der Waals surface area contributed by atoms with Crippen LogP contribution in [0.15, 0.2) is 36.9 Å². The molecule has 1 rings (SSSR count). The van der Waals surface area contributed by atoms with Gasteiger partial charge in [0.15, 0.2) is 0 Å². The lowest BCUT2D eigenvalue weighted by molar-refractivity contribution is 0.388. The zero-order valence-corrected chi connectivity index (χ0v) is 14.9. The first-order valence-corrected chi connectivity index (χ1v) is 8.77. The highest BCUT2D eigenvalue weighted by Crippen LogP contribution is 2.31. The Morgan fingerprint density at radius 2 is 1.64 bits per heavy atom. The monoisotopic (exact) mass is 302 g/mol. The largest absolute Gasteiger partial charge is 0.508 e. The zero-order valence-electron chi connectivity index (χ0n) is 14.9. The minimum absolute atomic E-state index is 0.185. The lowest BCUT2D eigenvalue weighted by Crippen LogP contribution is -2.17. The van der Waals surface area contributed by atoms with Crippen molar-refractivity contribution in [1.82, 2.24) is 0 Å². The summed E-state index contributed by atoms with van der Waals surface area (Å²) in [5.74, 6) is 1.81. The lowest BCUT2D eigenvalue weighted by Gasteiger charge is -2.26. The van der Waals surface area contributed by atoms with E-state index in [-0.39, 0.29) is 5.41 Å². The molecule has 2 unspecified atom stereocenters. The number of hydrogen-bond donors (Lipinski definition) is 1. The third kappa shape index (κ3) is 6.68. The summed E-state index contributed by atoms with van der Waals surface area (Å²) in [6.45, 7) is 13.1. The highest BCUT2D eigenvalue weighted by Gasteiger charge is 2.20. The summed E-state index contributed by atoms with van der Waals surface area (Å²) < 4.78 is 0. The molecule has 124 valence electrons. The molecule has 0 spiro atoms. The van der Waals surface area contributed by atoms with Crippen molar-refractivity contribution in [2.45, 2.75) is 71.6 Å². The standard InChI is InChI=1S/C21H34O/c1-6-17(2)9-7-10-18(3)11-8-16-21(4,5)19-12-14-20(22)15-13-19/h6,12-15,17-18,22H,1,7-11,16H2,2-5H3. The van der Waals surface area contributed by atoms with Crippen molar-refractivity contribution in [3.63, 3.8) is 0 Å². The molecule has 1 aromatic carbocycles. The Kier molecular flexibility index (Phi) is 7.72. The van der Waals surface area contributed by atoms with E-state index in [4.69, 9.17) is 0 Å². The van der Waals surface area contributed by atoms with Crippen molar-refractivity contribution >= 4 is 0 Å². The molecule has 0 aliphatic carbocycles. The van der Waals surface area contributed by atoms with Gasteiger partial charge in [-0.05, 0) is 47.8 Å². The van der Waals surface area contributed by atoms with Crippen LogP contribution in [0.25, 0.3) is 0 Å². The highest BCUT2D eigenvalue weighted by molar-refractivity contribution is 5.30. The van der Waals surface area contributed by atoms with Gasteiger partial charge in [0.2, 0.25) is 0 Å². The molecule has 0 aliphatic rings. The van der Waals surface area contributed by atoms with Gasteiger partial charge < -0.3 is 5.11 Å². The van der Waals surface area contributed by atoms with Crippen LogP contribution in [0.2, 0.25) is 0 Å². The molecule has 0 saturated carbocycles. The fourth-order valence-corrected chi connectivity index (χ4v) is 3.00. The molecule has 1 aromatic rings. The van der Waals surface area contributed by atoms with E-state index < -0.39 is 0 Å². The van der Waals surface area contributed by atoms with E-state index in [0.717, 1.165) is 5.92 Å². The van der Waals surface area contributed by atoms with Gasteiger partial charge in [-0.15, -0.1) is 6.58 Å². The Labute approximate surface area is 137 Å². The Hall–Kier alpha value is -1.24. The Bertz CT molecular complexity index is 430. The average Bonchev–Trinajstić information content (AvgIpc) is 2.47. The molecule has 0 heterocycles. The number of hydrogen-bond acceptors (Lipinski definition) is 1. The van der Waals surface area contributed by atoms with Crippen molar-refractivity contribution in [2.75, 3.05) is 0 Å². The van der Waals surface area contributed by atoms with Gasteiger partial charge in [0.1, 0.15) is 5.75 Å². The Balaban J connectivity index is 2.30. The summed E-state index contributed by atoms with van der Waals surface area (Å²) in [4.78, 5) is 0. The van der Waals surface area contributed by atoms with E-state index in [1.807, 2.05) is 0 Å². The predicted molar refractivity (Wildman–Crippen MR) is 97.4 cm³/mol. The molecule has 0 aliphatic heterocycles. The fraction of sp³-hybridized carbons (Fsp3) is 0.619. The number of aromatic hydroxyl groups is 1. The summed E-state index contributed by atoms with van der Waals surface area (Å²) in [5.41, 5.74) is 1.50. The molecule has 0 bridgehead atoms. The van der Waals surface area contributed by atoms with Crippen molar-refractivity contribution < 1.29 is 5.11 Å². The summed E-state index contributed by atoms with van der Waals surface area (Å²) in [5, 5.41) is 9.40. The first kappa shape index (κ1) is 18.8. The van der Waals surface area contributed by atoms with Gasteiger partial charge in [-0.1, -0.05) is 71.6 Å². The van der Waals surface area contributed by atoms with Gasteiger partial charge in [-0.2, -0.15) is 0 Å². The van der Waals surface area contributed by atoms with Crippen molar-refractivity contribution in [3.8, 4) is 5.75 Å². The summed E-state index contributed by atoms with van der Waals surface area (Å²) in [6, 6.07) is 7.69. The number of phenolic OH excluding ortho intramolecular Hbond substituents is 1. The van der Waals surface area contributed by atoms with Crippen LogP contribution in [0.1, 0.15) is 71.8 Å². The van der Waals surface area contributed by atoms with Gasteiger partial charge in [-0.25, -0.2) is 0 Å². The van der Waals surface area contributed by atoms with Crippen LogP contribution in [0, 0.1) is 11.8 Å². The van der Waals surface area contributed by atoms with Crippen LogP contribution < -0.4 is 0 Å². The molecule has 0 amide bonds. The third-order valence-corrected chi connectivity index (χ3v) is 4.91. The lowest BCUT2D eigenvalue weighted by atomic mass is 9.79. The minimum Gasteiger partial charge on any atom is -0.508 e. The van der Waals surface area contributed by atoms with Gasteiger partial charge in [-0.3, -0.25) is 0 Å². The van der Waals surface area contributed by atoms with Crippen molar-refractivity contribution in [1.29, 1.82) is 0 Å². The molecular weight excluding hydrogens is 268 g/mol. The smallest absolute Gasteiger partial charge is 0.115 e. The molecule has 0 aromatic heterocycles. The summed E-state index contributed by atoms with van der Waals surface area (Å²) in [6.07, 6.45) is 9.76. The van der Waals surface area contributed by atoms with Crippen LogP contribution >= 0.6 is 0 Å². The molecule has 1 N–H and O–H groups in total. The van der Waals surface area contributed by atoms with Crippen molar-refractivity contribution in [3.05, 3.63) is 42.5 Å². The normalized spacial score (nSPS) is 14.5. The maximum atomic E-state index is 9.40. The Morgan fingerprint density at radius 3 is 2.23 bits per heavy atom. The third-order valence-electron chi connectivity index (χ3n) is 4.91. The SMILES string of the molecule is C=CC(C)CCCC(C)CCCC(C)(C)c1ccc(O)cc1. The molecule has 1 heteroatoms. The first-order chi connectivity index (χ1) is 10.3. The van der Waals surface area contributed by atoms with E-state index in [1.54, 1.807) is 12.1 Å². The number of benzene rings is 1. The second-order valence-corrected chi connectivity index (χ2v) is 7.57. The zero-order chi connectivity index (χ0) is 16.6. The van der Waals surface area contributed by atoms with Crippen LogP contribution in [-0.2, 0) is 5.41 Å². The molecule has 0 radical (unpaired) electrons. The molecular formula is C21H34O. The maximum absolute atomic E-state index is 9.40. The number of rotatable bonds is 10. The van der Waals surface area contributed by atoms with Gasteiger partial charge >= 0.3 is 0 Å². The number of phenols is 1. The first-order valence-electron chi connectivity index (χ1n) is 8.77. The van der Waals surface area contributed by atoms with Gasteiger partial charge in [0.05, 0.1) is 0 Å². The fourth-order valence-electron chi connectivity index (χ4n) is 3.00. The summed E-state index contributed by atoms with van der Waals surface area (Å²) >= 11 is 0. The van der Waals surface area contributed by atoms with E-state index in [0.29, 0.717) is 11.7 Å². The van der Waals surface area contributed by atoms with Crippen LogP contribution in [0.4, 0.5) is 0 Å². The van der Waals surface area contributed by atoms with E-state index in [1.165, 1.54) is 44.1 Å². The topological polar surface area (TPSA) is 20.2 Å².